The van der Waals surface area contributed by atoms with Crippen LogP contribution in [0.5, 0.6) is 0 Å². The van der Waals surface area contributed by atoms with Crippen molar-refractivity contribution in [2.75, 3.05) is 0 Å². The van der Waals surface area contributed by atoms with Crippen LogP contribution in [0, 0.1) is 10.1 Å². The van der Waals surface area contributed by atoms with E-state index in [1.165, 1.54) is 24.3 Å². The van der Waals surface area contributed by atoms with Crippen LogP contribution in [-0.4, -0.2) is 25.4 Å². The summed E-state index contributed by atoms with van der Waals surface area (Å²) in [4.78, 5) is 14.1. The molecule has 0 saturated heterocycles. The number of benzene rings is 1. The van der Waals surface area contributed by atoms with E-state index in [4.69, 9.17) is 5.21 Å². The molecule has 0 atom stereocenters. The Balaban J connectivity index is 2.41. The molecule has 0 fully saturated rings. The summed E-state index contributed by atoms with van der Waals surface area (Å²) in [6.07, 6.45) is 3.29. The van der Waals surface area contributed by atoms with Crippen molar-refractivity contribution < 1.29 is 10.1 Å². The summed E-state index contributed by atoms with van der Waals surface area (Å²) in [5.74, 6) is 0.478. The van der Waals surface area contributed by atoms with Gasteiger partial charge in [0.2, 0.25) is 0 Å². The largest absolute Gasteiger partial charge is 0.410 e. The number of imidazole rings is 1. The molecule has 0 aliphatic carbocycles. The van der Waals surface area contributed by atoms with Crippen LogP contribution in [-0.2, 0) is 7.05 Å². The first-order valence-corrected chi connectivity index (χ1v) is 5.08. The highest BCUT2D eigenvalue weighted by Crippen LogP contribution is 2.15. The quantitative estimate of drug-likeness (QED) is 0.385. The van der Waals surface area contributed by atoms with Gasteiger partial charge in [-0.1, -0.05) is 5.16 Å². The molecule has 18 heavy (non-hydrogen) atoms. The molecule has 0 unspecified atom stereocenters. The van der Waals surface area contributed by atoms with Gasteiger partial charge in [0.1, 0.15) is 0 Å². The van der Waals surface area contributed by atoms with Crippen molar-refractivity contribution >= 4 is 11.4 Å². The van der Waals surface area contributed by atoms with Crippen LogP contribution in [0.15, 0.2) is 41.8 Å². The maximum absolute atomic E-state index is 10.5. The number of rotatable bonds is 3. The molecule has 1 aromatic carbocycles. The average Bonchev–Trinajstić information content (AvgIpc) is 2.78. The Morgan fingerprint density at radius 3 is 2.56 bits per heavy atom. The highest BCUT2D eigenvalue weighted by Gasteiger charge is 2.14. The van der Waals surface area contributed by atoms with Crippen molar-refractivity contribution in [3.05, 3.63) is 58.2 Å². The van der Waals surface area contributed by atoms with E-state index in [1.54, 1.807) is 24.0 Å². The first kappa shape index (κ1) is 11.8. The van der Waals surface area contributed by atoms with Gasteiger partial charge in [-0.05, 0) is 12.1 Å². The lowest BCUT2D eigenvalue weighted by Crippen LogP contribution is -2.10. The zero-order valence-corrected chi connectivity index (χ0v) is 9.52. The number of aryl methyl sites for hydroxylation is 1. The molecule has 0 bridgehead atoms. The highest BCUT2D eigenvalue weighted by atomic mass is 16.6. The second kappa shape index (κ2) is 4.66. The third-order valence-electron chi connectivity index (χ3n) is 2.48. The number of nitro groups is 1. The Kier molecular flexibility index (Phi) is 3.05. The third kappa shape index (κ3) is 2.05. The number of oxime groups is 1. The van der Waals surface area contributed by atoms with E-state index in [0.29, 0.717) is 11.4 Å². The lowest BCUT2D eigenvalue weighted by Gasteiger charge is -2.04. The van der Waals surface area contributed by atoms with Gasteiger partial charge < -0.3 is 9.77 Å². The van der Waals surface area contributed by atoms with Crippen LogP contribution < -0.4 is 0 Å². The lowest BCUT2D eigenvalue weighted by molar-refractivity contribution is -0.384. The first-order valence-electron chi connectivity index (χ1n) is 5.08. The molecule has 0 radical (unpaired) electrons. The second-order valence-corrected chi connectivity index (χ2v) is 3.61. The van der Waals surface area contributed by atoms with Crippen molar-refractivity contribution in [3.63, 3.8) is 0 Å². The van der Waals surface area contributed by atoms with Crippen molar-refractivity contribution in [2.24, 2.45) is 12.2 Å². The topological polar surface area (TPSA) is 93.5 Å². The van der Waals surface area contributed by atoms with E-state index in [0.717, 1.165) is 0 Å². The van der Waals surface area contributed by atoms with Crippen LogP contribution in [0.4, 0.5) is 5.69 Å². The van der Waals surface area contributed by atoms with E-state index in [1.807, 2.05) is 0 Å². The molecule has 92 valence electrons. The number of nitro benzene ring substituents is 1. The molecule has 1 N–H and O–H groups in total. The molecule has 1 aromatic heterocycles. The first-order chi connectivity index (χ1) is 8.63. The van der Waals surface area contributed by atoms with Crippen molar-refractivity contribution in [1.82, 2.24) is 9.55 Å². The van der Waals surface area contributed by atoms with Gasteiger partial charge in [0.25, 0.3) is 5.69 Å². The summed E-state index contributed by atoms with van der Waals surface area (Å²) >= 11 is 0. The second-order valence-electron chi connectivity index (χ2n) is 3.61. The fourth-order valence-electron chi connectivity index (χ4n) is 1.57. The minimum absolute atomic E-state index is 0.0177. The molecule has 7 heteroatoms. The number of non-ortho nitro benzene ring substituents is 1. The van der Waals surface area contributed by atoms with Crippen LogP contribution in [0.3, 0.4) is 0 Å². The number of hydrogen-bond acceptors (Lipinski definition) is 5. The maximum Gasteiger partial charge on any atom is 0.269 e. The molecule has 0 spiro atoms. The summed E-state index contributed by atoms with van der Waals surface area (Å²) < 4.78 is 1.69. The van der Waals surface area contributed by atoms with Gasteiger partial charge in [0.05, 0.1) is 4.92 Å². The summed E-state index contributed by atoms with van der Waals surface area (Å²) in [6.45, 7) is 0. The van der Waals surface area contributed by atoms with Gasteiger partial charge in [-0.15, -0.1) is 0 Å². The lowest BCUT2D eigenvalue weighted by atomic mass is 10.1. The van der Waals surface area contributed by atoms with Gasteiger partial charge in [0, 0.05) is 37.1 Å². The molecular formula is C11H10N4O3. The SMILES string of the molecule is Cn1ccnc1C(=NO)c1ccc([N+](=O)[O-])cc1. The average molecular weight is 246 g/mol. The zero-order valence-electron chi connectivity index (χ0n) is 9.52. The molecule has 2 aromatic rings. The van der Waals surface area contributed by atoms with Gasteiger partial charge in [-0.2, -0.15) is 0 Å². The maximum atomic E-state index is 10.5. The molecule has 7 nitrogen and oxygen atoms in total. The van der Waals surface area contributed by atoms with E-state index >= 15 is 0 Å². The Morgan fingerprint density at radius 1 is 1.44 bits per heavy atom. The van der Waals surface area contributed by atoms with Crippen LogP contribution in [0.1, 0.15) is 11.4 Å². The molecular weight excluding hydrogens is 236 g/mol. The predicted molar refractivity (Wildman–Crippen MR) is 63.7 cm³/mol. The van der Waals surface area contributed by atoms with Crippen molar-refractivity contribution in [2.45, 2.75) is 0 Å². The molecule has 0 saturated carbocycles. The van der Waals surface area contributed by atoms with E-state index in [-0.39, 0.29) is 11.4 Å². The number of hydrogen-bond donors (Lipinski definition) is 1. The zero-order chi connectivity index (χ0) is 13.1. The molecule has 0 aliphatic rings. The Labute approximate surface area is 102 Å². The standard InChI is InChI=1S/C11H10N4O3/c1-14-7-6-12-11(14)10(13-16)8-2-4-9(5-3-8)15(17)18/h2-7,16H,1H3. The summed E-state index contributed by atoms with van der Waals surface area (Å²) in [5, 5.41) is 22.8. The Hall–Kier alpha value is -2.70. The Bertz CT molecular complexity index is 601. The smallest absolute Gasteiger partial charge is 0.269 e. The minimum atomic E-state index is -0.486. The molecule has 2 rings (SSSR count). The summed E-state index contributed by atoms with van der Waals surface area (Å²) in [5.41, 5.74) is 0.797. The van der Waals surface area contributed by atoms with E-state index < -0.39 is 4.92 Å². The van der Waals surface area contributed by atoms with E-state index in [9.17, 15) is 10.1 Å². The molecule has 0 amide bonds. The monoisotopic (exact) mass is 246 g/mol. The summed E-state index contributed by atoms with van der Waals surface area (Å²) in [7, 11) is 1.76. The molecule has 0 aliphatic heterocycles. The number of nitrogens with zero attached hydrogens (tertiary/aromatic N) is 4. The minimum Gasteiger partial charge on any atom is -0.410 e. The summed E-state index contributed by atoms with van der Waals surface area (Å²) in [6, 6.07) is 5.73. The molecule has 1 heterocycles. The number of aromatic nitrogens is 2. The van der Waals surface area contributed by atoms with Gasteiger partial charge in [-0.25, -0.2) is 4.98 Å². The highest BCUT2D eigenvalue weighted by molar-refractivity contribution is 6.10. The van der Waals surface area contributed by atoms with Gasteiger partial charge in [0.15, 0.2) is 11.5 Å². The normalized spacial score (nSPS) is 11.5. The van der Waals surface area contributed by atoms with E-state index in [2.05, 4.69) is 10.1 Å². The van der Waals surface area contributed by atoms with Crippen LogP contribution in [0.25, 0.3) is 0 Å². The van der Waals surface area contributed by atoms with Crippen molar-refractivity contribution in [1.29, 1.82) is 0 Å². The van der Waals surface area contributed by atoms with Crippen LogP contribution in [0.2, 0.25) is 0 Å². The van der Waals surface area contributed by atoms with Crippen LogP contribution >= 0.6 is 0 Å². The third-order valence-corrected chi connectivity index (χ3v) is 2.48. The van der Waals surface area contributed by atoms with Crippen molar-refractivity contribution in [3.8, 4) is 0 Å². The van der Waals surface area contributed by atoms with Gasteiger partial charge >= 0.3 is 0 Å². The predicted octanol–water partition coefficient (Wildman–Crippen LogP) is 1.55. The fourth-order valence-corrected chi connectivity index (χ4v) is 1.57. The fraction of sp³-hybridized carbons (Fsp3) is 0.0909. The Morgan fingerprint density at radius 2 is 2.11 bits per heavy atom. The van der Waals surface area contributed by atoms with Gasteiger partial charge in [-0.3, -0.25) is 10.1 Å².